The normalized spacial score (nSPS) is 11.1. The highest BCUT2D eigenvalue weighted by Crippen LogP contribution is 2.09. The summed E-state index contributed by atoms with van der Waals surface area (Å²) in [5, 5.41) is 6.25. The van der Waals surface area contributed by atoms with Gasteiger partial charge in [0.2, 0.25) is 0 Å². The van der Waals surface area contributed by atoms with Gasteiger partial charge in [0.05, 0.1) is 25.8 Å². The van der Waals surface area contributed by atoms with E-state index in [0.717, 1.165) is 0 Å². The molecule has 0 aromatic carbocycles. The first-order chi connectivity index (χ1) is 8.67. The number of esters is 2. The van der Waals surface area contributed by atoms with Gasteiger partial charge in [-0.15, -0.1) is 0 Å². The Hall–Kier alpha value is -2.18. The van der Waals surface area contributed by atoms with Crippen molar-refractivity contribution >= 4 is 23.3 Å². The molecule has 0 unspecified atom stereocenters. The lowest BCUT2D eigenvalue weighted by Gasteiger charge is -2.05. The lowest BCUT2D eigenvalue weighted by atomic mass is 10.2. The van der Waals surface area contributed by atoms with Gasteiger partial charge in [-0.05, 0) is 13.8 Å². The van der Waals surface area contributed by atoms with E-state index in [1.54, 1.807) is 13.8 Å². The molecule has 98 valence electrons. The molecule has 18 heavy (non-hydrogen) atoms. The third kappa shape index (κ3) is 4.36. The average Bonchev–Trinajstić information content (AvgIpc) is 2.81. The van der Waals surface area contributed by atoms with Crippen LogP contribution in [0.2, 0.25) is 0 Å². The number of ether oxygens (including phenoxy) is 2. The quantitative estimate of drug-likeness (QED) is 0.603. The maximum atomic E-state index is 11.6. The van der Waals surface area contributed by atoms with Crippen LogP contribution in [-0.2, 0) is 19.1 Å². The van der Waals surface area contributed by atoms with Gasteiger partial charge < -0.3 is 9.47 Å². The Bertz CT molecular complexity index is 426. The smallest absolute Gasteiger partial charge is 0.353 e. The van der Waals surface area contributed by atoms with Gasteiger partial charge in [-0.3, -0.25) is 9.89 Å². The molecule has 0 bridgehead atoms. The number of rotatable bonds is 6. The summed E-state index contributed by atoms with van der Waals surface area (Å²) in [7, 11) is 0. The fourth-order valence-corrected chi connectivity index (χ4v) is 1.18. The molecule has 1 rings (SSSR count). The first-order valence-electron chi connectivity index (χ1n) is 5.56. The van der Waals surface area contributed by atoms with Gasteiger partial charge in [0, 0.05) is 6.20 Å². The van der Waals surface area contributed by atoms with E-state index in [2.05, 4.69) is 15.2 Å². The first-order valence-corrected chi connectivity index (χ1v) is 5.56. The highest BCUT2D eigenvalue weighted by Gasteiger charge is 2.18. The van der Waals surface area contributed by atoms with E-state index in [-0.39, 0.29) is 25.3 Å². The molecule has 0 amide bonds. The number of carbonyl (C=O) groups is 2. The molecule has 0 aliphatic rings. The van der Waals surface area contributed by atoms with Crippen molar-refractivity contribution in [1.29, 1.82) is 0 Å². The molecular weight excluding hydrogens is 238 g/mol. The first kappa shape index (κ1) is 13.9. The van der Waals surface area contributed by atoms with Crippen LogP contribution in [0.1, 0.15) is 20.3 Å². The number of nitrogens with zero attached hydrogens (tertiary/aromatic N) is 2. The highest BCUT2D eigenvalue weighted by molar-refractivity contribution is 6.39. The molecule has 7 nitrogen and oxygen atoms in total. The van der Waals surface area contributed by atoms with Crippen molar-refractivity contribution < 1.29 is 19.1 Å². The molecule has 1 aromatic heterocycles. The largest absolute Gasteiger partial charge is 0.466 e. The standard InChI is InChI=1S/C11H15N3O4/c1-3-17-10(15)5-9(11(16)18-4-2)14-8-6-12-13-7-8/h6-7H,3-5H2,1-2H3,(H,12,13). The maximum absolute atomic E-state index is 11.6. The summed E-state index contributed by atoms with van der Waals surface area (Å²) in [6.45, 7) is 3.83. The predicted octanol–water partition coefficient (Wildman–Crippen LogP) is 0.998. The van der Waals surface area contributed by atoms with E-state index in [1.165, 1.54) is 12.4 Å². The monoisotopic (exact) mass is 253 g/mol. The SMILES string of the molecule is CCOC(=O)CC(=Nc1cn[nH]c1)C(=O)OCC. The molecule has 0 fully saturated rings. The van der Waals surface area contributed by atoms with Crippen LogP contribution >= 0.6 is 0 Å². The second kappa shape index (κ2) is 7.21. The summed E-state index contributed by atoms with van der Waals surface area (Å²) < 4.78 is 9.59. The maximum Gasteiger partial charge on any atom is 0.353 e. The zero-order chi connectivity index (χ0) is 13.4. The highest BCUT2D eigenvalue weighted by atomic mass is 16.5. The Morgan fingerprint density at radius 2 is 2.06 bits per heavy atom. The van der Waals surface area contributed by atoms with E-state index >= 15 is 0 Å². The minimum Gasteiger partial charge on any atom is -0.466 e. The van der Waals surface area contributed by atoms with Crippen molar-refractivity contribution in [3.05, 3.63) is 12.4 Å². The third-order valence-electron chi connectivity index (χ3n) is 1.88. The summed E-state index contributed by atoms with van der Waals surface area (Å²) in [5.41, 5.74) is 0.444. The van der Waals surface area contributed by atoms with Gasteiger partial charge in [0.25, 0.3) is 0 Å². The summed E-state index contributed by atoms with van der Waals surface area (Å²) >= 11 is 0. The Kier molecular flexibility index (Phi) is 5.56. The second-order valence-electron chi connectivity index (χ2n) is 3.22. The van der Waals surface area contributed by atoms with Gasteiger partial charge >= 0.3 is 11.9 Å². The van der Waals surface area contributed by atoms with Gasteiger partial charge in [-0.25, -0.2) is 9.79 Å². The van der Waals surface area contributed by atoms with E-state index < -0.39 is 11.9 Å². The van der Waals surface area contributed by atoms with Crippen molar-refractivity contribution in [2.24, 2.45) is 4.99 Å². The molecule has 0 atom stereocenters. The number of hydrogen-bond donors (Lipinski definition) is 1. The van der Waals surface area contributed by atoms with Crippen molar-refractivity contribution in [2.45, 2.75) is 20.3 Å². The van der Waals surface area contributed by atoms with Crippen LogP contribution < -0.4 is 0 Å². The van der Waals surface area contributed by atoms with Crippen molar-refractivity contribution in [2.75, 3.05) is 13.2 Å². The third-order valence-corrected chi connectivity index (χ3v) is 1.88. The van der Waals surface area contributed by atoms with E-state index in [9.17, 15) is 9.59 Å². The molecule has 0 saturated heterocycles. The van der Waals surface area contributed by atoms with Crippen LogP contribution in [-0.4, -0.2) is 41.1 Å². The zero-order valence-electron chi connectivity index (χ0n) is 10.3. The molecule has 7 heteroatoms. The zero-order valence-corrected chi connectivity index (χ0v) is 10.3. The molecule has 1 N–H and O–H groups in total. The molecule has 0 saturated carbocycles. The number of hydrogen-bond acceptors (Lipinski definition) is 6. The van der Waals surface area contributed by atoms with E-state index in [4.69, 9.17) is 9.47 Å². The van der Waals surface area contributed by atoms with Crippen LogP contribution in [0.4, 0.5) is 5.69 Å². The lowest BCUT2D eigenvalue weighted by Crippen LogP contribution is -2.22. The fourth-order valence-electron chi connectivity index (χ4n) is 1.18. The van der Waals surface area contributed by atoms with Crippen LogP contribution in [0, 0.1) is 0 Å². The Morgan fingerprint density at radius 1 is 1.33 bits per heavy atom. The summed E-state index contributed by atoms with van der Waals surface area (Å²) in [6, 6.07) is 0. The molecular formula is C11H15N3O4. The minimum atomic E-state index is -0.633. The fraction of sp³-hybridized carbons (Fsp3) is 0.455. The predicted molar refractivity (Wildman–Crippen MR) is 63.6 cm³/mol. The Morgan fingerprint density at radius 3 is 2.61 bits per heavy atom. The van der Waals surface area contributed by atoms with Gasteiger partial charge in [0.1, 0.15) is 11.4 Å². The summed E-state index contributed by atoms with van der Waals surface area (Å²) in [4.78, 5) is 27.0. The molecule has 0 aliphatic heterocycles. The molecule has 0 radical (unpaired) electrons. The van der Waals surface area contributed by atoms with Crippen LogP contribution in [0.3, 0.4) is 0 Å². The topological polar surface area (TPSA) is 93.6 Å². The summed E-state index contributed by atoms with van der Waals surface area (Å²) in [6.07, 6.45) is 2.71. The number of aromatic nitrogens is 2. The lowest BCUT2D eigenvalue weighted by molar-refractivity contribution is -0.143. The molecule has 0 aliphatic carbocycles. The number of aliphatic imine (C=N–C) groups is 1. The molecule has 0 spiro atoms. The number of aromatic amines is 1. The van der Waals surface area contributed by atoms with E-state index in [0.29, 0.717) is 5.69 Å². The minimum absolute atomic E-state index is 0.00306. The van der Waals surface area contributed by atoms with Gasteiger partial charge in [-0.1, -0.05) is 0 Å². The Labute approximate surface area is 104 Å². The Balaban J connectivity index is 2.81. The van der Waals surface area contributed by atoms with Crippen molar-refractivity contribution in [1.82, 2.24) is 10.2 Å². The number of H-pyrrole nitrogens is 1. The van der Waals surface area contributed by atoms with E-state index in [1.807, 2.05) is 0 Å². The van der Waals surface area contributed by atoms with Crippen LogP contribution in [0.5, 0.6) is 0 Å². The summed E-state index contributed by atoms with van der Waals surface area (Å²) in [5.74, 6) is -1.15. The number of carbonyl (C=O) groups excluding carboxylic acids is 2. The average molecular weight is 253 g/mol. The van der Waals surface area contributed by atoms with Crippen LogP contribution in [0.25, 0.3) is 0 Å². The molecule has 1 aromatic rings. The van der Waals surface area contributed by atoms with Crippen molar-refractivity contribution in [3.63, 3.8) is 0 Å². The second-order valence-corrected chi connectivity index (χ2v) is 3.22. The van der Waals surface area contributed by atoms with Crippen LogP contribution in [0.15, 0.2) is 17.4 Å². The van der Waals surface area contributed by atoms with Gasteiger partial charge in [-0.2, -0.15) is 5.10 Å². The van der Waals surface area contributed by atoms with Crippen molar-refractivity contribution in [3.8, 4) is 0 Å². The molecule has 1 heterocycles. The number of nitrogens with one attached hydrogen (secondary N) is 1. The van der Waals surface area contributed by atoms with Gasteiger partial charge in [0.15, 0.2) is 0 Å².